The van der Waals surface area contributed by atoms with E-state index in [2.05, 4.69) is 10.6 Å². The van der Waals surface area contributed by atoms with Crippen LogP contribution in [0.1, 0.15) is 24.8 Å². The van der Waals surface area contributed by atoms with Crippen molar-refractivity contribution in [2.24, 2.45) is 0 Å². The minimum atomic E-state index is -0.369. The van der Waals surface area contributed by atoms with Gasteiger partial charge in [0.25, 0.3) is 0 Å². The average Bonchev–Trinajstić information content (AvgIpc) is 3.28. The highest BCUT2D eigenvalue weighted by Gasteiger charge is 2.23. The Morgan fingerprint density at radius 2 is 1.83 bits per heavy atom. The maximum atomic E-state index is 12.6. The van der Waals surface area contributed by atoms with Crippen LogP contribution in [-0.2, 0) is 11.4 Å². The van der Waals surface area contributed by atoms with Crippen molar-refractivity contribution in [3.63, 3.8) is 0 Å². The molecule has 0 radical (unpaired) electrons. The van der Waals surface area contributed by atoms with Crippen LogP contribution in [0.5, 0.6) is 5.75 Å². The lowest BCUT2D eigenvalue weighted by Gasteiger charge is -2.16. The number of anilines is 1. The van der Waals surface area contributed by atoms with Gasteiger partial charge in [0.15, 0.2) is 11.5 Å². The smallest absolute Gasteiger partial charge is 0.242 e. The first-order valence-corrected chi connectivity index (χ1v) is 12.2. The van der Waals surface area contributed by atoms with Crippen molar-refractivity contribution in [2.75, 3.05) is 11.9 Å². The summed E-state index contributed by atoms with van der Waals surface area (Å²) in [5.74, 6) is 1.79. The van der Waals surface area contributed by atoms with Gasteiger partial charge in [0.2, 0.25) is 11.9 Å². The standard InChI is InChI=1S/C28H26N6O2/c35-27-24(15-6-7-16-29-27)31-28-30-23-14-5-4-13-22(23)26-32-25(33-34(26)28)20-11-8-12-21(17-20)36-18-19-9-2-1-3-10-19/h1-5,8-14,17,24H,6-7,15-16,18H2,(H,29,35)(H,30,31)/t24-/m1/s1. The number of aromatic nitrogens is 4. The summed E-state index contributed by atoms with van der Waals surface area (Å²) < 4.78 is 7.72. The number of amides is 1. The fraction of sp³-hybridized carbons (Fsp3) is 0.214. The summed E-state index contributed by atoms with van der Waals surface area (Å²) in [5.41, 5.74) is 3.42. The molecule has 1 saturated heterocycles. The Hall–Kier alpha value is -4.46. The van der Waals surface area contributed by atoms with Gasteiger partial charge in [-0.3, -0.25) is 4.79 Å². The normalized spacial score (nSPS) is 16.0. The van der Waals surface area contributed by atoms with Crippen LogP contribution in [-0.4, -0.2) is 38.1 Å². The predicted octanol–water partition coefficient (Wildman–Crippen LogP) is 4.60. The zero-order chi connectivity index (χ0) is 24.3. The number of carbonyl (C=O) groups is 1. The molecule has 1 fully saturated rings. The number of carbonyl (C=O) groups excluding carboxylic acids is 1. The Labute approximate surface area is 208 Å². The molecule has 0 unspecified atom stereocenters. The van der Waals surface area contributed by atoms with E-state index in [0.29, 0.717) is 30.6 Å². The minimum absolute atomic E-state index is 0.0146. The van der Waals surface area contributed by atoms with Crippen LogP contribution in [0, 0.1) is 0 Å². The van der Waals surface area contributed by atoms with E-state index in [1.807, 2.05) is 78.9 Å². The largest absolute Gasteiger partial charge is 0.489 e. The van der Waals surface area contributed by atoms with Gasteiger partial charge < -0.3 is 15.4 Å². The van der Waals surface area contributed by atoms with Crippen LogP contribution in [0.4, 0.5) is 5.95 Å². The van der Waals surface area contributed by atoms with E-state index in [1.54, 1.807) is 4.52 Å². The molecule has 36 heavy (non-hydrogen) atoms. The molecule has 5 aromatic rings. The molecule has 8 heteroatoms. The molecule has 1 aliphatic rings. The van der Waals surface area contributed by atoms with Gasteiger partial charge in [-0.2, -0.15) is 4.52 Å². The quantitative estimate of drug-likeness (QED) is 0.370. The maximum absolute atomic E-state index is 12.6. The Kier molecular flexibility index (Phi) is 5.91. The van der Waals surface area contributed by atoms with E-state index < -0.39 is 0 Å². The summed E-state index contributed by atoms with van der Waals surface area (Å²) in [6, 6.07) is 25.3. The SMILES string of the molecule is O=C1NCCCC[C@H]1Nc1nc2ccccc2c2nc(-c3cccc(OCc4ccccc4)c3)nn12. The van der Waals surface area contributed by atoms with E-state index >= 15 is 0 Å². The number of hydrogen-bond donors (Lipinski definition) is 2. The van der Waals surface area contributed by atoms with Crippen molar-refractivity contribution >= 4 is 28.4 Å². The Morgan fingerprint density at radius 3 is 2.75 bits per heavy atom. The topological polar surface area (TPSA) is 93.4 Å². The minimum Gasteiger partial charge on any atom is -0.489 e. The summed E-state index contributed by atoms with van der Waals surface area (Å²) in [6.45, 7) is 1.18. The fourth-order valence-corrected chi connectivity index (χ4v) is 4.47. The molecule has 0 bridgehead atoms. The van der Waals surface area contributed by atoms with Gasteiger partial charge in [0.05, 0.1) is 5.52 Å². The number of hydrogen-bond acceptors (Lipinski definition) is 6. The highest BCUT2D eigenvalue weighted by molar-refractivity contribution is 5.93. The molecular weight excluding hydrogens is 452 g/mol. The Balaban J connectivity index is 1.37. The third-order valence-electron chi connectivity index (χ3n) is 6.36. The Morgan fingerprint density at radius 1 is 0.972 bits per heavy atom. The van der Waals surface area contributed by atoms with E-state index in [1.165, 1.54) is 0 Å². The van der Waals surface area contributed by atoms with Crippen LogP contribution in [0.25, 0.3) is 27.9 Å². The number of fused-ring (bicyclic) bond motifs is 3. The Bertz CT molecular complexity index is 1530. The number of nitrogens with zero attached hydrogens (tertiary/aromatic N) is 4. The van der Waals surface area contributed by atoms with E-state index in [0.717, 1.165) is 47.0 Å². The van der Waals surface area contributed by atoms with E-state index in [9.17, 15) is 4.79 Å². The molecule has 0 saturated carbocycles. The van der Waals surface area contributed by atoms with Crippen LogP contribution in [0.15, 0.2) is 78.9 Å². The van der Waals surface area contributed by atoms with E-state index in [-0.39, 0.29) is 11.9 Å². The van der Waals surface area contributed by atoms with Crippen LogP contribution >= 0.6 is 0 Å². The monoisotopic (exact) mass is 478 g/mol. The summed E-state index contributed by atoms with van der Waals surface area (Å²) in [6.07, 6.45) is 2.68. The van der Waals surface area contributed by atoms with Crippen molar-refractivity contribution < 1.29 is 9.53 Å². The summed E-state index contributed by atoms with van der Waals surface area (Å²) >= 11 is 0. The van der Waals surface area contributed by atoms with E-state index in [4.69, 9.17) is 19.8 Å². The molecule has 8 nitrogen and oxygen atoms in total. The third-order valence-corrected chi connectivity index (χ3v) is 6.36. The first-order chi connectivity index (χ1) is 17.7. The molecule has 1 atom stereocenters. The number of para-hydroxylation sites is 1. The molecule has 6 rings (SSSR count). The van der Waals surface area contributed by atoms with Crippen LogP contribution < -0.4 is 15.4 Å². The van der Waals surface area contributed by atoms with Crippen molar-refractivity contribution in [3.8, 4) is 17.1 Å². The van der Waals surface area contributed by atoms with Gasteiger partial charge in [-0.1, -0.05) is 54.6 Å². The van der Waals surface area contributed by atoms with Gasteiger partial charge in [0.1, 0.15) is 18.4 Å². The lowest BCUT2D eigenvalue weighted by atomic mass is 10.1. The number of nitrogens with one attached hydrogen (secondary N) is 2. The van der Waals surface area contributed by atoms with Gasteiger partial charge in [-0.05, 0) is 49.1 Å². The summed E-state index contributed by atoms with van der Waals surface area (Å²) in [7, 11) is 0. The maximum Gasteiger partial charge on any atom is 0.242 e. The van der Waals surface area contributed by atoms with Crippen molar-refractivity contribution in [3.05, 3.63) is 84.4 Å². The predicted molar refractivity (Wildman–Crippen MR) is 139 cm³/mol. The first-order valence-electron chi connectivity index (χ1n) is 12.2. The lowest BCUT2D eigenvalue weighted by molar-refractivity contribution is -0.121. The molecule has 2 N–H and O–H groups in total. The molecule has 2 aromatic heterocycles. The van der Waals surface area contributed by atoms with Crippen molar-refractivity contribution in [2.45, 2.75) is 31.9 Å². The van der Waals surface area contributed by atoms with Gasteiger partial charge >= 0.3 is 0 Å². The number of ether oxygens (including phenoxy) is 1. The first kappa shape index (κ1) is 22.0. The van der Waals surface area contributed by atoms with Gasteiger partial charge in [-0.15, -0.1) is 5.10 Å². The third kappa shape index (κ3) is 4.45. The second-order valence-corrected chi connectivity index (χ2v) is 8.91. The number of rotatable bonds is 6. The zero-order valence-corrected chi connectivity index (χ0v) is 19.7. The highest BCUT2D eigenvalue weighted by atomic mass is 16.5. The van der Waals surface area contributed by atoms with Crippen LogP contribution in [0.2, 0.25) is 0 Å². The summed E-state index contributed by atoms with van der Waals surface area (Å²) in [5, 5.41) is 12.0. The molecule has 3 heterocycles. The lowest BCUT2D eigenvalue weighted by Crippen LogP contribution is -2.38. The van der Waals surface area contributed by atoms with Gasteiger partial charge in [0, 0.05) is 17.5 Å². The van der Waals surface area contributed by atoms with Crippen molar-refractivity contribution in [1.82, 2.24) is 24.9 Å². The fourth-order valence-electron chi connectivity index (χ4n) is 4.47. The zero-order valence-electron chi connectivity index (χ0n) is 19.7. The molecule has 180 valence electrons. The second kappa shape index (κ2) is 9.65. The molecular formula is C28H26N6O2. The van der Waals surface area contributed by atoms with Crippen molar-refractivity contribution in [1.29, 1.82) is 0 Å². The van der Waals surface area contributed by atoms with Gasteiger partial charge in [-0.25, -0.2) is 9.97 Å². The number of benzene rings is 3. The summed E-state index contributed by atoms with van der Waals surface area (Å²) in [4.78, 5) is 22.3. The molecule has 3 aromatic carbocycles. The molecule has 0 spiro atoms. The second-order valence-electron chi connectivity index (χ2n) is 8.91. The highest BCUT2D eigenvalue weighted by Crippen LogP contribution is 2.27. The van der Waals surface area contributed by atoms with Crippen LogP contribution in [0.3, 0.4) is 0 Å². The molecule has 1 amide bonds. The molecule has 1 aliphatic heterocycles. The average molecular weight is 479 g/mol. The molecule has 0 aliphatic carbocycles.